The van der Waals surface area contributed by atoms with Crippen LogP contribution in [-0.4, -0.2) is 49.0 Å². The summed E-state index contributed by atoms with van der Waals surface area (Å²) in [6.07, 6.45) is 2.75. The summed E-state index contributed by atoms with van der Waals surface area (Å²) >= 11 is 1.65. The Balaban J connectivity index is 1.76. The molecule has 0 aromatic heterocycles. The second-order valence-electron chi connectivity index (χ2n) is 6.78. The summed E-state index contributed by atoms with van der Waals surface area (Å²) in [7, 11) is -3.69. The SMILES string of the molecule is O=C(NC1(C(=O)O)CCSCC1)c1cccc(S(=O)(=O)NCC2CC2)c1. The van der Waals surface area contributed by atoms with E-state index in [1.165, 1.54) is 24.3 Å². The number of nitrogens with one attached hydrogen (secondary N) is 2. The zero-order valence-electron chi connectivity index (χ0n) is 14.2. The Morgan fingerprint density at radius 3 is 2.54 bits per heavy atom. The predicted molar refractivity (Wildman–Crippen MR) is 98.7 cm³/mol. The van der Waals surface area contributed by atoms with Gasteiger partial charge in [-0.25, -0.2) is 17.9 Å². The predicted octanol–water partition coefficient (Wildman–Crippen LogP) is 1.46. The maximum Gasteiger partial charge on any atom is 0.329 e. The maximum atomic E-state index is 12.6. The Labute approximate surface area is 157 Å². The molecule has 26 heavy (non-hydrogen) atoms. The van der Waals surface area contributed by atoms with E-state index in [0.29, 0.717) is 36.8 Å². The number of amides is 1. The Morgan fingerprint density at radius 2 is 1.92 bits per heavy atom. The van der Waals surface area contributed by atoms with Crippen LogP contribution in [-0.2, 0) is 14.8 Å². The van der Waals surface area contributed by atoms with Crippen LogP contribution in [0.2, 0.25) is 0 Å². The third-order valence-corrected chi connectivity index (χ3v) is 7.18. The van der Waals surface area contributed by atoms with Crippen molar-refractivity contribution in [2.75, 3.05) is 18.1 Å². The molecular formula is C17H22N2O5S2. The van der Waals surface area contributed by atoms with Crippen molar-refractivity contribution < 1.29 is 23.1 Å². The normalized spacial score (nSPS) is 19.7. The number of carboxylic acid groups (broad SMARTS) is 1. The Hall–Kier alpha value is -1.58. The number of hydrogen-bond acceptors (Lipinski definition) is 5. The molecule has 2 aliphatic rings. The largest absolute Gasteiger partial charge is 0.480 e. The summed E-state index contributed by atoms with van der Waals surface area (Å²) in [6, 6.07) is 5.70. The summed E-state index contributed by atoms with van der Waals surface area (Å²) in [5, 5.41) is 12.2. The molecule has 0 unspecified atom stereocenters. The number of benzene rings is 1. The summed E-state index contributed by atoms with van der Waals surface area (Å²) in [5.41, 5.74) is -1.15. The van der Waals surface area contributed by atoms with Crippen molar-refractivity contribution >= 4 is 33.7 Å². The highest BCUT2D eigenvalue weighted by Crippen LogP contribution is 2.29. The first kappa shape index (κ1) is 19.2. The van der Waals surface area contributed by atoms with E-state index in [1.54, 1.807) is 11.8 Å². The van der Waals surface area contributed by atoms with Crippen molar-refractivity contribution in [3.63, 3.8) is 0 Å². The third-order valence-electron chi connectivity index (χ3n) is 4.77. The third kappa shape index (κ3) is 4.39. The van der Waals surface area contributed by atoms with Crippen LogP contribution in [0.1, 0.15) is 36.0 Å². The molecule has 9 heteroatoms. The van der Waals surface area contributed by atoms with Gasteiger partial charge in [-0.15, -0.1) is 0 Å². The van der Waals surface area contributed by atoms with E-state index >= 15 is 0 Å². The molecule has 1 amide bonds. The molecule has 1 saturated carbocycles. The first-order valence-corrected chi connectivity index (χ1v) is 11.2. The van der Waals surface area contributed by atoms with Crippen molar-refractivity contribution in [3.05, 3.63) is 29.8 Å². The molecule has 2 fully saturated rings. The second kappa shape index (κ2) is 7.58. The summed E-state index contributed by atoms with van der Waals surface area (Å²) < 4.78 is 27.3. The van der Waals surface area contributed by atoms with E-state index in [9.17, 15) is 23.1 Å². The minimum Gasteiger partial charge on any atom is -0.480 e. The number of thioether (sulfide) groups is 1. The zero-order valence-corrected chi connectivity index (χ0v) is 15.9. The molecule has 1 aromatic carbocycles. The fourth-order valence-electron chi connectivity index (χ4n) is 2.84. The topological polar surface area (TPSA) is 113 Å². The Bertz CT molecular complexity index is 799. The van der Waals surface area contributed by atoms with Crippen LogP contribution in [0.4, 0.5) is 0 Å². The molecule has 3 rings (SSSR count). The molecule has 0 radical (unpaired) electrons. The van der Waals surface area contributed by atoms with Crippen LogP contribution in [0.15, 0.2) is 29.2 Å². The molecule has 1 saturated heterocycles. The van der Waals surface area contributed by atoms with E-state index in [1.807, 2.05) is 0 Å². The zero-order chi connectivity index (χ0) is 18.8. The quantitative estimate of drug-likeness (QED) is 0.641. The number of sulfonamides is 1. The van der Waals surface area contributed by atoms with Gasteiger partial charge in [0.15, 0.2) is 0 Å². The average Bonchev–Trinajstić information content (AvgIpc) is 3.45. The molecule has 0 atom stereocenters. The molecule has 1 aromatic rings. The average molecular weight is 399 g/mol. The van der Waals surface area contributed by atoms with Crippen molar-refractivity contribution in [2.24, 2.45) is 5.92 Å². The number of carbonyl (C=O) groups is 2. The van der Waals surface area contributed by atoms with Gasteiger partial charge in [0, 0.05) is 12.1 Å². The van der Waals surface area contributed by atoms with Gasteiger partial charge < -0.3 is 10.4 Å². The molecule has 1 aliphatic heterocycles. The van der Waals surface area contributed by atoms with Crippen LogP contribution < -0.4 is 10.0 Å². The fourth-order valence-corrected chi connectivity index (χ4v) is 5.19. The number of hydrogen-bond donors (Lipinski definition) is 3. The molecule has 3 N–H and O–H groups in total. The Morgan fingerprint density at radius 1 is 1.23 bits per heavy atom. The second-order valence-corrected chi connectivity index (χ2v) is 9.77. The summed E-state index contributed by atoms with van der Waals surface area (Å²) in [6.45, 7) is 0.401. The van der Waals surface area contributed by atoms with Crippen molar-refractivity contribution in [3.8, 4) is 0 Å². The Kier molecular flexibility index (Phi) is 5.59. The van der Waals surface area contributed by atoms with Crippen LogP contribution >= 0.6 is 11.8 Å². The first-order valence-electron chi connectivity index (χ1n) is 8.56. The minimum atomic E-state index is -3.69. The van der Waals surface area contributed by atoms with E-state index < -0.39 is 27.4 Å². The van der Waals surface area contributed by atoms with Gasteiger partial charge in [0.1, 0.15) is 5.54 Å². The number of aliphatic carboxylic acids is 1. The van der Waals surface area contributed by atoms with E-state index in [4.69, 9.17) is 0 Å². The molecule has 1 heterocycles. The van der Waals surface area contributed by atoms with Gasteiger partial charge in [0.05, 0.1) is 4.90 Å². The van der Waals surface area contributed by atoms with Crippen LogP contribution in [0.5, 0.6) is 0 Å². The lowest BCUT2D eigenvalue weighted by Gasteiger charge is -2.33. The van der Waals surface area contributed by atoms with Crippen molar-refractivity contribution in [1.82, 2.24) is 10.0 Å². The highest BCUT2D eigenvalue weighted by atomic mass is 32.2. The van der Waals surface area contributed by atoms with Gasteiger partial charge in [0.2, 0.25) is 10.0 Å². The number of rotatable bonds is 7. The summed E-state index contributed by atoms with van der Waals surface area (Å²) in [5.74, 6) is 0.0912. The maximum absolute atomic E-state index is 12.6. The standard InChI is InChI=1S/C17H22N2O5S2/c20-15(19-17(16(21)22)6-8-25-9-7-17)13-2-1-3-14(10-13)26(23,24)18-11-12-4-5-12/h1-3,10,12,18H,4-9,11H2,(H,19,20)(H,21,22). The molecule has 0 bridgehead atoms. The van der Waals surface area contributed by atoms with E-state index in [-0.39, 0.29) is 10.5 Å². The highest BCUT2D eigenvalue weighted by molar-refractivity contribution is 7.99. The lowest BCUT2D eigenvalue weighted by Crippen LogP contribution is -2.56. The van der Waals surface area contributed by atoms with Gasteiger partial charge in [-0.3, -0.25) is 4.79 Å². The minimum absolute atomic E-state index is 0.00868. The van der Waals surface area contributed by atoms with Gasteiger partial charge >= 0.3 is 5.97 Å². The monoisotopic (exact) mass is 398 g/mol. The smallest absolute Gasteiger partial charge is 0.329 e. The molecule has 1 aliphatic carbocycles. The first-order chi connectivity index (χ1) is 12.3. The lowest BCUT2D eigenvalue weighted by molar-refractivity contribution is -0.144. The van der Waals surface area contributed by atoms with Crippen LogP contribution in [0, 0.1) is 5.92 Å². The van der Waals surface area contributed by atoms with Crippen molar-refractivity contribution in [1.29, 1.82) is 0 Å². The molecule has 142 valence electrons. The fraction of sp³-hybridized carbons (Fsp3) is 0.529. The van der Waals surface area contributed by atoms with Gasteiger partial charge in [-0.2, -0.15) is 11.8 Å². The molecule has 0 spiro atoms. The van der Waals surface area contributed by atoms with Gasteiger partial charge in [-0.05, 0) is 61.3 Å². The van der Waals surface area contributed by atoms with E-state index in [0.717, 1.165) is 12.8 Å². The van der Waals surface area contributed by atoms with Crippen molar-refractivity contribution in [2.45, 2.75) is 36.1 Å². The van der Waals surface area contributed by atoms with Crippen LogP contribution in [0.3, 0.4) is 0 Å². The van der Waals surface area contributed by atoms with E-state index in [2.05, 4.69) is 10.0 Å². The van der Waals surface area contributed by atoms with Gasteiger partial charge in [0.25, 0.3) is 5.91 Å². The molecule has 7 nitrogen and oxygen atoms in total. The van der Waals surface area contributed by atoms with Crippen LogP contribution in [0.25, 0.3) is 0 Å². The number of carbonyl (C=O) groups excluding carboxylic acids is 1. The summed E-state index contributed by atoms with van der Waals surface area (Å²) in [4.78, 5) is 24.3. The number of carboxylic acids is 1. The molecular weight excluding hydrogens is 376 g/mol. The lowest BCUT2D eigenvalue weighted by atomic mass is 9.92. The van der Waals surface area contributed by atoms with Gasteiger partial charge in [-0.1, -0.05) is 6.07 Å². The highest BCUT2D eigenvalue weighted by Gasteiger charge is 2.41.